The molecule has 1 rings (SSSR count). The van der Waals surface area contributed by atoms with E-state index in [0.717, 1.165) is 5.16 Å². The van der Waals surface area contributed by atoms with E-state index in [1.807, 2.05) is 0 Å². The number of hydrogen-bond donors (Lipinski definition) is 0. The van der Waals surface area contributed by atoms with E-state index in [-0.39, 0.29) is 0 Å². The molecular weight excluding hydrogens is 224 g/mol. The summed E-state index contributed by atoms with van der Waals surface area (Å²) in [5, 5.41) is 0.861. The lowest BCUT2D eigenvalue weighted by Crippen LogP contribution is -2.46. The van der Waals surface area contributed by atoms with Crippen LogP contribution in [-0.2, 0) is 0 Å². The van der Waals surface area contributed by atoms with Crippen LogP contribution < -0.4 is 0 Å². The summed E-state index contributed by atoms with van der Waals surface area (Å²) in [6.07, 6.45) is 0. The number of benzene rings is 1. The van der Waals surface area contributed by atoms with Crippen LogP contribution >= 0.6 is 0 Å². The first-order valence-corrected chi connectivity index (χ1v) is 13.3. The van der Waals surface area contributed by atoms with Crippen LogP contribution in [0.2, 0.25) is 39.3 Å². The molecule has 1 aromatic rings. The normalized spacial score (nSPS) is 13.2. The Labute approximate surface area is 103 Å². The van der Waals surface area contributed by atoms with Gasteiger partial charge < -0.3 is 0 Å². The molecule has 0 heterocycles. The Hall–Kier alpha value is -0.346. The second kappa shape index (κ2) is 4.49. The van der Waals surface area contributed by atoms with Gasteiger partial charge in [-0.25, -0.2) is 0 Å². The summed E-state index contributed by atoms with van der Waals surface area (Å²) in [6, 6.07) is 9.17. The standard InChI is InChI=1S/C14H26Si2/c1-12-9-8-10-13(11-12)14(15(2,3)4)16(5,6)7/h8-11,14H,1-7H3. The molecule has 0 radical (unpaired) electrons. The second-order valence-electron chi connectivity index (χ2n) is 7.08. The molecule has 90 valence electrons. The van der Waals surface area contributed by atoms with Gasteiger partial charge in [-0.15, -0.1) is 0 Å². The third-order valence-corrected chi connectivity index (χ3v) is 12.4. The van der Waals surface area contributed by atoms with Crippen LogP contribution in [0.5, 0.6) is 0 Å². The Morgan fingerprint density at radius 2 is 1.38 bits per heavy atom. The molecule has 2 heteroatoms. The number of aryl methyl sites for hydroxylation is 1. The molecule has 0 aliphatic carbocycles. The van der Waals surface area contributed by atoms with Gasteiger partial charge in [0.25, 0.3) is 0 Å². The van der Waals surface area contributed by atoms with Gasteiger partial charge in [-0.2, -0.15) is 0 Å². The van der Waals surface area contributed by atoms with Crippen molar-refractivity contribution >= 4 is 16.1 Å². The summed E-state index contributed by atoms with van der Waals surface area (Å²) in [6.45, 7) is 17.3. The van der Waals surface area contributed by atoms with E-state index in [2.05, 4.69) is 70.5 Å². The van der Waals surface area contributed by atoms with Crippen LogP contribution in [-0.4, -0.2) is 16.1 Å². The lowest BCUT2D eigenvalue weighted by molar-refractivity contribution is 1.17. The lowest BCUT2D eigenvalue weighted by Gasteiger charge is -2.39. The maximum Gasteiger partial charge on any atom is 0.0493 e. The third-order valence-electron chi connectivity index (χ3n) is 3.11. The quantitative estimate of drug-likeness (QED) is 0.674. The van der Waals surface area contributed by atoms with E-state index >= 15 is 0 Å². The van der Waals surface area contributed by atoms with Gasteiger partial charge in [0.15, 0.2) is 0 Å². The summed E-state index contributed by atoms with van der Waals surface area (Å²) >= 11 is 0. The van der Waals surface area contributed by atoms with Crippen LogP contribution in [0.1, 0.15) is 16.3 Å². The van der Waals surface area contributed by atoms with Crippen molar-refractivity contribution in [2.24, 2.45) is 0 Å². The minimum Gasteiger partial charge on any atom is -0.0693 e. The minimum absolute atomic E-state index is 0.861. The van der Waals surface area contributed by atoms with Crippen LogP contribution in [0.25, 0.3) is 0 Å². The lowest BCUT2D eigenvalue weighted by atomic mass is 10.2. The van der Waals surface area contributed by atoms with Crippen molar-refractivity contribution in [1.82, 2.24) is 0 Å². The van der Waals surface area contributed by atoms with Crippen LogP contribution in [0.4, 0.5) is 0 Å². The molecule has 0 spiro atoms. The fraction of sp³-hybridized carbons (Fsp3) is 0.571. The molecule has 0 bridgehead atoms. The van der Waals surface area contributed by atoms with E-state index in [1.54, 1.807) is 5.56 Å². The maximum atomic E-state index is 2.51. The molecule has 0 nitrogen and oxygen atoms in total. The van der Waals surface area contributed by atoms with Gasteiger partial charge in [0.2, 0.25) is 0 Å². The zero-order chi connectivity index (χ0) is 12.6. The monoisotopic (exact) mass is 250 g/mol. The van der Waals surface area contributed by atoms with Crippen LogP contribution in [0.3, 0.4) is 0 Å². The molecule has 0 saturated carbocycles. The molecule has 0 saturated heterocycles. The molecular formula is C14H26Si2. The molecule has 0 fully saturated rings. The largest absolute Gasteiger partial charge is 0.0693 e. The minimum atomic E-state index is -1.12. The summed E-state index contributed by atoms with van der Waals surface area (Å²) in [7, 11) is -2.25. The fourth-order valence-electron chi connectivity index (χ4n) is 3.15. The van der Waals surface area contributed by atoms with Crippen molar-refractivity contribution in [3.63, 3.8) is 0 Å². The van der Waals surface area contributed by atoms with Crippen molar-refractivity contribution in [2.45, 2.75) is 51.4 Å². The van der Waals surface area contributed by atoms with Crippen molar-refractivity contribution in [3.05, 3.63) is 35.4 Å². The zero-order valence-electron chi connectivity index (χ0n) is 11.9. The molecule has 0 aliphatic heterocycles. The van der Waals surface area contributed by atoms with Crippen molar-refractivity contribution < 1.29 is 0 Å². The first-order chi connectivity index (χ1) is 7.12. The maximum absolute atomic E-state index is 2.51. The third kappa shape index (κ3) is 3.32. The molecule has 0 N–H and O–H groups in total. The number of rotatable bonds is 3. The molecule has 0 aliphatic rings. The Bertz CT molecular complexity index is 342. The molecule has 0 aromatic heterocycles. The first kappa shape index (κ1) is 13.7. The van der Waals surface area contributed by atoms with Gasteiger partial charge in [0.1, 0.15) is 0 Å². The zero-order valence-corrected chi connectivity index (χ0v) is 13.9. The topological polar surface area (TPSA) is 0 Å². The van der Waals surface area contributed by atoms with Gasteiger partial charge in [-0.05, 0) is 17.7 Å². The van der Waals surface area contributed by atoms with Crippen molar-refractivity contribution in [1.29, 1.82) is 0 Å². The van der Waals surface area contributed by atoms with Gasteiger partial charge in [0, 0.05) is 16.1 Å². The van der Waals surface area contributed by atoms with Crippen molar-refractivity contribution in [2.75, 3.05) is 0 Å². The Morgan fingerprint density at radius 3 is 1.75 bits per heavy atom. The average Bonchev–Trinajstić information content (AvgIpc) is 1.97. The summed E-state index contributed by atoms with van der Waals surface area (Å²) in [5.74, 6) is 0. The number of hydrogen-bond acceptors (Lipinski definition) is 0. The molecule has 0 atom stereocenters. The van der Waals surface area contributed by atoms with Gasteiger partial charge >= 0.3 is 0 Å². The second-order valence-corrected chi connectivity index (χ2v) is 18.3. The van der Waals surface area contributed by atoms with E-state index in [4.69, 9.17) is 0 Å². The highest BCUT2D eigenvalue weighted by Crippen LogP contribution is 2.35. The summed E-state index contributed by atoms with van der Waals surface area (Å²) in [4.78, 5) is 0. The molecule has 0 unspecified atom stereocenters. The highest BCUT2D eigenvalue weighted by molar-refractivity contribution is 6.96. The summed E-state index contributed by atoms with van der Waals surface area (Å²) in [5.41, 5.74) is 3.00. The SMILES string of the molecule is Cc1cccc(C([Si](C)(C)C)[Si](C)(C)C)c1. The fourth-order valence-corrected chi connectivity index (χ4v) is 15.9. The van der Waals surface area contributed by atoms with E-state index < -0.39 is 16.1 Å². The Kier molecular flexibility index (Phi) is 3.85. The van der Waals surface area contributed by atoms with Gasteiger partial charge in [0.05, 0.1) is 0 Å². The summed E-state index contributed by atoms with van der Waals surface area (Å²) < 4.78 is 0. The first-order valence-electron chi connectivity index (χ1n) is 6.19. The smallest absolute Gasteiger partial charge is 0.0493 e. The van der Waals surface area contributed by atoms with E-state index in [0.29, 0.717) is 0 Å². The Morgan fingerprint density at radius 1 is 0.875 bits per heavy atom. The average molecular weight is 251 g/mol. The molecule has 1 aromatic carbocycles. The van der Waals surface area contributed by atoms with E-state index in [1.165, 1.54) is 5.56 Å². The molecule has 16 heavy (non-hydrogen) atoms. The Balaban J connectivity index is 3.23. The van der Waals surface area contributed by atoms with Crippen LogP contribution in [0, 0.1) is 6.92 Å². The highest BCUT2D eigenvalue weighted by Gasteiger charge is 2.38. The predicted octanol–water partition coefficient (Wildman–Crippen LogP) is 4.83. The van der Waals surface area contributed by atoms with Crippen LogP contribution in [0.15, 0.2) is 24.3 Å². The van der Waals surface area contributed by atoms with Crippen molar-refractivity contribution in [3.8, 4) is 0 Å². The highest BCUT2D eigenvalue weighted by atomic mass is 28.4. The molecule has 0 amide bonds. The van der Waals surface area contributed by atoms with Gasteiger partial charge in [-0.3, -0.25) is 0 Å². The van der Waals surface area contributed by atoms with E-state index in [9.17, 15) is 0 Å². The predicted molar refractivity (Wildman–Crippen MR) is 80.6 cm³/mol. The van der Waals surface area contributed by atoms with Gasteiger partial charge in [-0.1, -0.05) is 69.1 Å².